The molecule has 0 atom stereocenters. The van der Waals surface area contributed by atoms with Gasteiger partial charge in [-0.15, -0.1) is 0 Å². The van der Waals surface area contributed by atoms with Crippen LogP contribution >= 0.6 is 78.3 Å². The zero-order chi connectivity index (χ0) is 40.8. The molecule has 59 heavy (non-hydrogen) atoms. The molecule has 0 radical (unpaired) electrons. The average Bonchev–Trinajstić information content (AvgIpc) is 3.76. The lowest BCUT2D eigenvalue weighted by atomic mass is 10.1. The van der Waals surface area contributed by atoms with Gasteiger partial charge in [-0.1, -0.05) is 146 Å². The molecule has 0 unspecified atom stereocenters. The Morgan fingerprint density at radius 3 is 1.41 bits per heavy atom. The van der Waals surface area contributed by atoms with E-state index in [2.05, 4.69) is 31.9 Å². The summed E-state index contributed by atoms with van der Waals surface area (Å²) in [5.41, 5.74) is 3.38. The average molecular weight is 1150 g/mol. The first-order valence-electron chi connectivity index (χ1n) is 16.6. The Hall–Kier alpha value is -3.25. The maximum atomic E-state index is 13.8. The third-order valence-corrected chi connectivity index (χ3v) is 14.2. The summed E-state index contributed by atoms with van der Waals surface area (Å²) in [6, 6.07) is 37.9. The number of benzene rings is 6. The monoisotopic (exact) mass is 1150 g/mol. The van der Waals surface area contributed by atoms with Crippen LogP contribution in [0.3, 0.4) is 0 Å². The third kappa shape index (κ3) is 9.19. The number of phenolic OH excluding ortho intramolecular Hbond substituents is 1. The van der Waals surface area contributed by atoms with Gasteiger partial charge in [-0.25, -0.2) is 24.8 Å². The number of hydrogen-bond donors (Lipinski definition) is 1. The lowest BCUT2D eigenvalue weighted by Gasteiger charge is -2.16. The largest absolute Gasteiger partial charge is 1.00 e. The highest BCUT2D eigenvalue weighted by Gasteiger charge is 2.30. The number of nitrogens with zero attached hydrogens (tertiary/aromatic N) is 2. The number of halogens is 7. The minimum absolute atomic E-state index is 0. The number of hydrogen-bond acceptors (Lipinski definition) is 6. The van der Waals surface area contributed by atoms with Crippen LogP contribution in [0, 0.1) is 0 Å². The summed E-state index contributed by atoms with van der Waals surface area (Å²) in [5.74, 6) is -0.413. The number of aromatic hydroxyl groups is 1. The smallest absolute Gasteiger partial charge is 0.272 e. The van der Waals surface area contributed by atoms with E-state index in [1.54, 1.807) is 54.6 Å². The molecule has 2 aromatic heterocycles. The molecular weight excluding hydrogens is 1120 g/mol. The molecule has 0 fully saturated rings. The Bertz CT molecular complexity index is 3080. The van der Waals surface area contributed by atoms with Crippen LogP contribution in [0.15, 0.2) is 152 Å². The van der Waals surface area contributed by atoms with Gasteiger partial charge in [0.1, 0.15) is 9.79 Å². The van der Waals surface area contributed by atoms with Crippen LogP contribution in [0.1, 0.15) is 7.43 Å². The third-order valence-electron chi connectivity index (χ3n) is 8.79. The second-order valence-electron chi connectivity index (χ2n) is 12.4. The molecule has 8 rings (SSSR count). The van der Waals surface area contributed by atoms with Gasteiger partial charge in [0, 0.05) is 29.8 Å². The number of aromatic nitrogens is 2. The van der Waals surface area contributed by atoms with Crippen LogP contribution in [0.5, 0.6) is 11.5 Å². The van der Waals surface area contributed by atoms with Gasteiger partial charge in [-0.05, 0) is 83.9 Å². The summed E-state index contributed by atoms with van der Waals surface area (Å²) in [6.07, 6.45) is 0. The number of methoxy groups -OCH3 is 1. The molecular formula is C42H30Br2Cl4IN2O6S2-. The number of phenols is 1. The van der Waals surface area contributed by atoms with Gasteiger partial charge in [0.2, 0.25) is 0 Å². The van der Waals surface area contributed by atoms with Crippen molar-refractivity contribution in [1.82, 2.24) is 7.94 Å². The van der Waals surface area contributed by atoms with Gasteiger partial charge in [0.05, 0.1) is 39.6 Å². The molecule has 0 bridgehead atoms. The van der Waals surface area contributed by atoms with E-state index in [4.69, 9.17) is 51.1 Å². The molecule has 1 N–H and O–H groups in total. The minimum Gasteiger partial charge on any atom is -1.00 e. The maximum Gasteiger partial charge on any atom is 0.272 e. The maximum absolute atomic E-state index is 13.8. The van der Waals surface area contributed by atoms with Gasteiger partial charge in [0.15, 0.2) is 11.5 Å². The van der Waals surface area contributed by atoms with Gasteiger partial charge in [-0.3, -0.25) is 0 Å². The second-order valence-corrected chi connectivity index (χ2v) is 19.4. The van der Waals surface area contributed by atoms with Crippen LogP contribution < -0.4 is 28.7 Å². The van der Waals surface area contributed by atoms with Gasteiger partial charge >= 0.3 is 0 Å². The van der Waals surface area contributed by atoms with Crippen molar-refractivity contribution in [2.75, 3.05) is 7.11 Å². The highest BCUT2D eigenvalue weighted by atomic mass is 127. The minimum atomic E-state index is -4.18. The van der Waals surface area contributed by atoms with Crippen LogP contribution in [0.4, 0.5) is 0 Å². The molecule has 2 heterocycles. The number of rotatable bonds is 7. The lowest BCUT2D eigenvalue weighted by molar-refractivity contribution is -0.0000173. The predicted molar refractivity (Wildman–Crippen MR) is 243 cm³/mol. The standard InChI is InChI=1S/C21H14BrCl2NO3S.C20H12BrCl2NO3S.CH4.HI/c1-28-21-17(24)11-15(22)12-20(21)29(26,27)25-18-8-7-16(23)9-14(18)10-19(25)13-5-3-2-4-6-13;21-14-10-16(23)20(25)19(11-14)28(26,27)24-17-7-6-15(22)8-13(17)9-18(24)12-4-2-1-3-5-12;;/h2-12H,1H3;1-11,25H;1H4;1H/p-1. The molecule has 0 aliphatic carbocycles. The van der Waals surface area contributed by atoms with Crippen molar-refractivity contribution in [3.63, 3.8) is 0 Å². The zero-order valence-electron chi connectivity index (χ0n) is 29.5. The van der Waals surface area contributed by atoms with Crippen LogP contribution in [0.2, 0.25) is 20.1 Å². The molecule has 17 heteroatoms. The Labute approximate surface area is 395 Å². The fourth-order valence-electron chi connectivity index (χ4n) is 6.32. The highest BCUT2D eigenvalue weighted by Crippen LogP contribution is 2.41. The summed E-state index contributed by atoms with van der Waals surface area (Å²) in [7, 11) is -6.86. The second kappa shape index (κ2) is 18.8. The molecule has 8 nitrogen and oxygen atoms in total. The Morgan fingerprint density at radius 2 is 0.966 bits per heavy atom. The number of fused-ring (bicyclic) bond motifs is 2. The first kappa shape index (κ1) is 46.8. The van der Waals surface area contributed by atoms with Crippen molar-refractivity contribution in [2.24, 2.45) is 0 Å². The normalized spacial score (nSPS) is 11.4. The summed E-state index contributed by atoms with van der Waals surface area (Å²) >= 11 is 31.1. The van der Waals surface area contributed by atoms with Crippen molar-refractivity contribution in [3.8, 4) is 34.0 Å². The van der Waals surface area contributed by atoms with E-state index in [0.29, 0.717) is 57.7 Å². The quantitative estimate of drug-likeness (QED) is 0.159. The van der Waals surface area contributed by atoms with Crippen molar-refractivity contribution < 1.29 is 50.7 Å². The topological polar surface area (TPSA) is 108 Å². The van der Waals surface area contributed by atoms with E-state index in [1.807, 2.05) is 60.7 Å². The first-order chi connectivity index (χ1) is 27.1. The fraction of sp³-hybridized carbons (Fsp3) is 0.0476. The summed E-state index contributed by atoms with van der Waals surface area (Å²) in [6.45, 7) is 0. The molecule has 8 aromatic rings. The summed E-state index contributed by atoms with van der Waals surface area (Å²) in [4.78, 5) is -0.333. The molecule has 0 aliphatic rings. The van der Waals surface area contributed by atoms with Crippen molar-refractivity contribution >= 4 is 120 Å². The fourth-order valence-corrected chi connectivity index (χ4v) is 12.2. The molecule has 306 valence electrons. The predicted octanol–water partition coefficient (Wildman–Crippen LogP) is 10.6. The molecule has 0 saturated heterocycles. The van der Waals surface area contributed by atoms with E-state index in [-0.39, 0.29) is 57.0 Å². The van der Waals surface area contributed by atoms with Gasteiger partial charge < -0.3 is 33.8 Å². The molecule has 0 amide bonds. The lowest BCUT2D eigenvalue weighted by Crippen LogP contribution is -3.00. The molecule has 0 spiro atoms. The van der Waals surface area contributed by atoms with Crippen LogP contribution in [-0.4, -0.2) is 37.0 Å². The van der Waals surface area contributed by atoms with E-state index in [0.717, 1.165) is 5.56 Å². The Kier molecular flexibility index (Phi) is 14.9. The van der Waals surface area contributed by atoms with Gasteiger partial charge in [-0.2, -0.15) is 0 Å². The summed E-state index contributed by atoms with van der Waals surface area (Å²) < 4.78 is 63.7. The zero-order valence-corrected chi connectivity index (χ0v) is 39.5. The molecule has 6 aromatic carbocycles. The van der Waals surface area contributed by atoms with Crippen molar-refractivity contribution in [1.29, 1.82) is 0 Å². The van der Waals surface area contributed by atoms with Crippen molar-refractivity contribution in [3.05, 3.63) is 162 Å². The molecule has 0 saturated carbocycles. The SMILES string of the molecule is C.COc1c(Cl)cc(Br)cc1S(=O)(=O)n1c(-c2ccccc2)cc2cc(Cl)ccc21.O=S(=O)(c1cc(Br)cc(Cl)c1O)n1c(-c2ccccc2)cc2cc(Cl)ccc21.[I-]. The van der Waals surface area contributed by atoms with E-state index < -0.39 is 25.8 Å². The van der Waals surface area contributed by atoms with Gasteiger partial charge in [0.25, 0.3) is 20.0 Å². The van der Waals surface area contributed by atoms with E-state index in [1.165, 1.54) is 33.3 Å². The van der Waals surface area contributed by atoms with Crippen LogP contribution in [-0.2, 0) is 20.0 Å². The number of ether oxygens (including phenoxy) is 1. The van der Waals surface area contributed by atoms with E-state index in [9.17, 15) is 21.9 Å². The highest BCUT2D eigenvalue weighted by molar-refractivity contribution is 9.10. The van der Waals surface area contributed by atoms with E-state index >= 15 is 0 Å². The Balaban J connectivity index is 0.000000217. The van der Waals surface area contributed by atoms with Crippen LogP contribution in [0.25, 0.3) is 44.3 Å². The Morgan fingerprint density at radius 1 is 0.559 bits per heavy atom. The molecule has 0 aliphatic heterocycles. The summed E-state index contributed by atoms with van der Waals surface area (Å²) in [5, 5.41) is 12.9. The van der Waals surface area contributed by atoms with Crippen molar-refractivity contribution in [2.45, 2.75) is 17.2 Å². The first-order valence-corrected chi connectivity index (χ1v) is 22.5.